The standard InChI is InChI=1S/C21H22N2O4/c1-26-19-9-5-2-6-16(19)10-11-20(24)22-18-8-4-3-7-17(18)21(25)23-12-14-27-15-13-23/h2-11H,12-15H2,1H3,(H,22,24)/b11-10+. The summed E-state index contributed by atoms with van der Waals surface area (Å²) >= 11 is 0. The summed E-state index contributed by atoms with van der Waals surface area (Å²) in [4.78, 5) is 26.8. The van der Waals surface area contributed by atoms with Gasteiger partial charge in [-0.05, 0) is 24.3 Å². The zero-order chi connectivity index (χ0) is 19.1. The van der Waals surface area contributed by atoms with Crippen LogP contribution in [0.4, 0.5) is 5.69 Å². The van der Waals surface area contributed by atoms with Gasteiger partial charge in [-0.15, -0.1) is 0 Å². The van der Waals surface area contributed by atoms with Crippen molar-refractivity contribution in [2.24, 2.45) is 0 Å². The number of anilines is 1. The van der Waals surface area contributed by atoms with Crippen LogP contribution >= 0.6 is 0 Å². The van der Waals surface area contributed by atoms with Gasteiger partial charge in [0.15, 0.2) is 0 Å². The average molecular weight is 366 g/mol. The van der Waals surface area contributed by atoms with Crippen LogP contribution < -0.4 is 10.1 Å². The third-order valence-corrected chi connectivity index (χ3v) is 4.27. The van der Waals surface area contributed by atoms with Crippen LogP contribution in [-0.2, 0) is 9.53 Å². The van der Waals surface area contributed by atoms with Gasteiger partial charge in [-0.2, -0.15) is 0 Å². The Bertz CT molecular complexity index is 842. The van der Waals surface area contributed by atoms with Gasteiger partial charge in [0, 0.05) is 24.7 Å². The first-order chi connectivity index (χ1) is 13.2. The third kappa shape index (κ3) is 4.74. The molecule has 0 spiro atoms. The molecule has 1 saturated heterocycles. The first-order valence-electron chi connectivity index (χ1n) is 8.77. The smallest absolute Gasteiger partial charge is 0.256 e. The van der Waals surface area contributed by atoms with Crippen molar-refractivity contribution in [3.05, 3.63) is 65.7 Å². The predicted molar refractivity (Wildman–Crippen MR) is 104 cm³/mol. The molecular weight excluding hydrogens is 344 g/mol. The van der Waals surface area contributed by atoms with Crippen molar-refractivity contribution in [2.45, 2.75) is 0 Å². The number of amides is 2. The van der Waals surface area contributed by atoms with E-state index in [1.165, 1.54) is 6.08 Å². The lowest BCUT2D eigenvalue weighted by Gasteiger charge is -2.27. The summed E-state index contributed by atoms with van der Waals surface area (Å²) < 4.78 is 10.6. The molecule has 1 aliphatic rings. The lowest BCUT2D eigenvalue weighted by atomic mass is 10.1. The van der Waals surface area contributed by atoms with Crippen molar-refractivity contribution in [1.82, 2.24) is 4.90 Å². The zero-order valence-corrected chi connectivity index (χ0v) is 15.2. The second-order valence-electron chi connectivity index (χ2n) is 6.01. The molecule has 6 heteroatoms. The van der Waals surface area contributed by atoms with E-state index in [9.17, 15) is 9.59 Å². The van der Waals surface area contributed by atoms with Gasteiger partial charge in [0.2, 0.25) is 5.91 Å². The lowest BCUT2D eigenvalue weighted by Crippen LogP contribution is -2.41. The van der Waals surface area contributed by atoms with Crippen molar-refractivity contribution in [2.75, 3.05) is 38.7 Å². The van der Waals surface area contributed by atoms with Crippen LogP contribution in [0, 0.1) is 0 Å². The Morgan fingerprint density at radius 3 is 2.56 bits per heavy atom. The Morgan fingerprint density at radius 1 is 1.07 bits per heavy atom. The fourth-order valence-electron chi connectivity index (χ4n) is 2.86. The molecule has 3 rings (SSSR count). The average Bonchev–Trinajstić information content (AvgIpc) is 2.73. The Labute approximate surface area is 158 Å². The molecule has 2 aromatic rings. The van der Waals surface area contributed by atoms with Crippen LogP contribution in [0.1, 0.15) is 15.9 Å². The van der Waals surface area contributed by atoms with Gasteiger partial charge in [-0.1, -0.05) is 30.3 Å². The van der Waals surface area contributed by atoms with Crippen molar-refractivity contribution in [3.63, 3.8) is 0 Å². The lowest BCUT2D eigenvalue weighted by molar-refractivity contribution is -0.111. The number of ether oxygens (including phenoxy) is 2. The van der Waals surface area contributed by atoms with Crippen molar-refractivity contribution >= 4 is 23.6 Å². The number of hydrogen-bond donors (Lipinski definition) is 1. The molecule has 27 heavy (non-hydrogen) atoms. The van der Waals surface area contributed by atoms with Gasteiger partial charge in [0.25, 0.3) is 5.91 Å². The van der Waals surface area contributed by atoms with E-state index >= 15 is 0 Å². The number of hydrogen-bond acceptors (Lipinski definition) is 4. The zero-order valence-electron chi connectivity index (χ0n) is 15.2. The van der Waals surface area contributed by atoms with E-state index in [-0.39, 0.29) is 11.8 Å². The summed E-state index contributed by atoms with van der Waals surface area (Å²) in [5.41, 5.74) is 1.76. The molecular formula is C21H22N2O4. The summed E-state index contributed by atoms with van der Waals surface area (Å²) in [7, 11) is 1.58. The number of para-hydroxylation sites is 2. The van der Waals surface area contributed by atoms with Gasteiger partial charge in [0.1, 0.15) is 5.75 Å². The highest BCUT2D eigenvalue weighted by molar-refractivity contribution is 6.07. The van der Waals surface area contributed by atoms with E-state index in [0.29, 0.717) is 43.3 Å². The summed E-state index contributed by atoms with van der Waals surface area (Å²) in [5.74, 6) is 0.260. The number of rotatable bonds is 5. The van der Waals surface area contributed by atoms with E-state index in [1.54, 1.807) is 42.4 Å². The maximum absolute atomic E-state index is 12.7. The summed E-state index contributed by atoms with van der Waals surface area (Å²) in [6.07, 6.45) is 3.11. The Morgan fingerprint density at radius 2 is 1.78 bits per heavy atom. The molecule has 0 radical (unpaired) electrons. The Kier molecular flexibility index (Phi) is 6.22. The normalized spacial score (nSPS) is 14.2. The molecule has 1 heterocycles. The fourth-order valence-corrected chi connectivity index (χ4v) is 2.86. The SMILES string of the molecule is COc1ccccc1/C=C/C(=O)Nc1ccccc1C(=O)N1CCOCC1. The number of nitrogens with one attached hydrogen (secondary N) is 1. The number of benzene rings is 2. The highest BCUT2D eigenvalue weighted by Crippen LogP contribution is 2.20. The van der Waals surface area contributed by atoms with Crippen molar-refractivity contribution in [1.29, 1.82) is 0 Å². The van der Waals surface area contributed by atoms with Gasteiger partial charge in [-0.25, -0.2) is 0 Å². The summed E-state index contributed by atoms with van der Waals surface area (Å²) in [5, 5.41) is 2.79. The summed E-state index contributed by atoms with van der Waals surface area (Å²) in [6.45, 7) is 2.16. The number of carbonyl (C=O) groups excluding carboxylic acids is 2. The van der Waals surface area contributed by atoms with E-state index in [1.807, 2.05) is 24.3 Å². The van der Waals surface area contributed by atoms with E-state index < -0.39 is 0 Å². The molecule has 0 saturated carbocycles. The predicted octanol–water partition coefficient (Wildman–Crippen LogP) is 2.82. The Hall–Kier alpha value is -3.12. The minimum Gasteiger partial charge on any atom is -0.496 e. The highest BCUT2D eigenvalue weighted by Gasteiger charge is 2.21. The second kappa shape index (κ2) is 9.00. The van der Waals surface area contributed by atoms with Crippen LogP contribution in [0.15, 0.2) is 54.6 Å². The number of morpholine rings is 1. The van der Waals surface area contributed by atoms with Crippen LogP contribution in [0.3, 0.4) is 0 Å². The first kappa shape index (κ1) is 18.7. The molecule has 2 amide bonds. The van der Waals surface area contributed by atoms with Gasteiger partial charge in [-0.3, -0.25) is 9.59 Å². The molecule has 0 atom stereocenters. The molecule has 0 aliphatic carbocycles. The van der Waals surface area contributed by atoms with Gasteiger partial charge in [0.05, 0.1) is 31.6 Å². The minimum absolute atomic E-state index is 0.108. The monoisotopic (exact) mass is 366 g/mol. The van der Waals surface area contributed by atoms with Crippen LogP contribution in [0.2, 0.25) is 0 Å². The van der Waals surface area contributed by atoms with Gasteiger partial charge < -0.3 is 19.7 Å². The van der Waals surface area contributed by atoms with Crippen molar-refractivity contribution < 1.29 is 19.1 Å². The van der Waals surface area contributed by atoms with Gasteiger partial charge >= 0.3 is 0 Å². The summed E-state index contributed by atoms with van der Waals surface area (Å²) in [6, 6.07) is 14.4. The quantitative estimate of drug-likeness (QED) is 0.827. The van der Waals surface area contributed by atoms with E-state index in [2.05, 4.69) is 5.32 Å². The minimum atomic E-state index is -0.317. The highest BCUT2D eigenvalue weighted by atomic mass is 16.5. The Balaban J connectivity index is 1.73. The maximum atomic E-state index is 12.7. The first-order valence-corrected chi connectivity index (χ1v) is 8.77. The molecule has 6 nitrogen and oxygen atoms in total. The van der Waals surface area contributed by atoms with Crippen molar-refractivity contribution in [3.8, 4) is 5.75 Å². The second-order valence-corrected chi connectivity index (χ2v) is 6.01. The van der Waals surface area contributed by atoms with Crippen LogP contribution in [0.5, 0.6) is 5.75 Å². The molecule has 0 unspecified atom stereocenters. The largest absolute Gasteiger partial charge is 0.496 e. The van der Waals surface area contributed by atoms with Crippen LogP contribution in [0.25, 0.3) is 6.08 Å². The van der Waals surface area contributed by atoms with E-state index in [0.717, 1.165) is 5.56 Å². The molecule has 1 aliphatic heterocycles. The van der Waals surface area contributed by atoms with E-state index in [4.69, 9.17) is 9.47 Å². The topological polar surface area (TPSA) is 67.9 Å². The molecule has 0 aromatic heterocycles. The number of nitrogens with zero attached hydrogens (tertiary/aromatic N) is 1. The molecule has 1 N–H and O–H groups in total. The number of carbonyl (C=O) groups is 2. The molecule has 140 valence electrons. The molecule has 1 fully saturated rings. The van der Waals surface area contributed by atoms with Crippen LogP contribution in [-0.4, -0.2) is 50.1 Å². The maximum Gasteiger partial charge on any atom is 0.256 e. The number of methoxy groups -OCH3 is 1. The molecule has 2 aromatic carbocycles. The fraction of sp³-hybridized carbons (Fsp3) is 0.238. The molecule has 0 bridgehead atoms. The third-order valence-electron chi connectivity index (χ3n) is 4.27.